The van der Waals surface area contributed by atoms with E-state index < -0.39 is 5.92 Å². The van der Waals surface area contributed by atoms with Crippen LogP contribution in [0.1, 0.15) is 38.5 Å². The first-order valence-corrected chi connectivity index (χ1v) is 4.34. The molecule has 63 valence electrons. The Bertz CT molecular complexity index is 147. The van der Waals surface area contributed by atoms with Gasteiger partial charge in [0.2, 0.25) is 5.92 Å². The van der Waals surface area contributed by atoms with Crippen LogP contribution in [0, 0.1) is 11.8 Å². The molecule has 0 saturated heterocycles. The normalized spacial score (nSPS) is 33.3. The van der Waals surface area contributed by atoms with Crippen LogP contribution >= 0.6 is 0 Å². The van der Waals surface area contributed by atoms with E-state index in [9.17, 15) is 8.78 Å². The van der Waals surface area contributed by atoms with Crippen molar-refractivity contribution in [1.82, 2.24) is 0 Å². The molecule has 0 amide bonds. The molecule has 0 atom stereocenters. The van der Waals surface area contributed by atoms with Gasteiger partial charge in [0.15, 0.2) is 0 Å². The fraction of sp³-hybridized carbons (Fsp3) is 0.889. The van der Waals surface area contributed by atoms with Gasteiger partial charge in [-0.2, -0.15) is 0 Å². The van der Waals surface area contributed by atoms with Crippen molar-refractivity contribution in [3.05, 3.63) is 6.42 Å². The zero-order valence-electron chi connectivity index (χ0n) is 6.58. The number of hydrogen-bond acceptors (Lipinski definition) is 0. The highest BCUT2D eigenvalue weighted by atomic mass is 19.3. The van der Waals surface area contributed by atoms with Gasteiger partial charge in [0.25, 0.3) is 0 Å². The van der Waals surface area contributed by atoms with E-state index in [0.29, 0.717) is 0 Å². The van der Waals surface area contributed by atoms with E-state index in [1.54, 1.807) is 0 Å². The van der Waals surface area contributed by atoms with E-state index in [2.05, 4.69) is 6.42 Å². The van der Waals surface area contributed by atoms with Gasteiger partial charge in [0.1, 0.15) is 0 Å². The van der Waals surface area contributed by atoms with Gasteiger partial charge in [-0.3, -0.25) is 0 Å². The largest absolute Gasteiger partial charge is 0.248 e. The monoisotopic (exact) mass is 159 g/mol. The van der Waals surface area contributed by atoms with Crippen molar-refractivity contribution in [2.45, 2.75) is 44.4 Å². The number of rotatable bonds is 0. The second kappa shape index (κ2) is 2.18. The Hall–Kier alpha value is -0.140. The molecule has 2 saturated carbocycles. The second-order valence-electron chi connectivity index (χ2n) is 3.96. The maximum Gasteiger partial charge on any atom is 0.248 e. The first-order chi connectivity index (χ1) is 5.12. The molecule has 0 aliphatic heterocycles. The smallest absolute Gasteiger partial charge is 0.207 e. The van der Waals surface area contributed by atoms with Crippen molar-refractivity contribution in [2.24, 2.45) is 5.41 Å². The lowest BCUT2D eigenvalue weighted by atomic mass is 9.60. The number of hydrogen-bond donors (Lipinski definition) is 0. The maximum absolute atomic E-state index is 12.7. The standard InChI is InChI=1S/C9H13F2/c10-9(11)6-4-8(5-7-9)2-1-3-8/h2H,1,3-7H2. The lowest BCUT2D eigenvalue weighted by Crippen LogP contribution is -2.38. The molecular formula is C9H13F2. The summed E-state index contributed by atoms with van der Waals surface area (Å²) in [5.41, 5.74) is 0.252. The summed E-state index contributed by atoms with van der Waals surface area (Å²) >= 11 is 0. The molecule has 2 fully saturated rings. The van der Waals surface area contributed by atoms with Crippen molar-refractivity contribution in [1.29, 1.82) is 0 Å². The molecule has 2 aliphatic carbocycles. The predicted molar refractivity (Wildman–Crippen MR) is 39.4 cm³/mol. The average molecular weight is 159 g/mol. The zero-order chi connectivity index (χ0) is 7.95. The van der Waals surface area contributed by atoms with Gasteiger partial charge in [0, 0.05) is 12.8 Å². The molecule has 0 aromatic carbocycles. The van der Waals surface area contributed by atoms with Crippen LogP contribution in [0.15, 0.2) is 0 Å². The summed E-state index contributed by atoms with van der Waals surface area (Å²) in [6.45, 7) is 0. The second-order valence-corrected chi connectivity index (χ2v) is 3.96. The molecule has 2 heteroatoms. The molecule has 0 aromatic rings. The SMILES string of the molecule is FC1(F)CCC2([CH]CC2)CC1. The number of alkyl halides is 2. The third kappa shape index (κ3) is 1.27. The van der Waals surface area contributed by atoms with E-state index in [-0.39, 0.29) is 18.3 Å². The zero-order valence-corrected chi connectivity index (χ0v) is 6.58. The molecule has 1 spiro atoms. The Labute approximate surface area is 66.0 Å². The van der Waals surface area contributed by atoms with Crippen molar-refractivity contribution in [2.75, 3.05) is 0 Å². The summed E-state index contributed by atoms with van der Waals surface area (Å²) in [6.07, 6.45) is 6.21. The summed E-state index contributed by atoms with van der Waals surface area (Å²) in [5.74, 6) is -2.35. The van der Waals surface area contributed by atoms with Crippen LogP contribution in [0.25, 0.3) is 0 Å². The minimum absolute atomic E-state index is 0.115. The molecule has 2 rings (SSSR count). The summed E-state index contributed by atoms with van der Waals surface area (Å²) in [6, 6.07) is 0. The van der Waals surface area contributed by atoms with Crippen LogP contribution < -0.4 is 0 Å². The maximum atomic E-state index is 12.7. The van der Waals surface area contributed by atoms with Gasteiger partial charge < -0.3 is 0 Å². The van der Waals surface area contributed by atoms with E-state index in [1.165, 1.54) is 0 Å². The van der Waals surface area contributed by atoms with Crippen LogP contribution in [0.5, 0.6) is 0 Å². The third-order valence-corrected chi connectivity index (χ3v) is 3.20. The quantitative estimate of drug-likeness (QED) is 0.509. The first-order valence-electron chi connectivity index (χ1n) is 4.34. The molecular weight excluding hydrogens is 146 g/mol. The van der Waals surface area contributed by atoms with Gasteiger partial charge in [0.05, 0.1) is 0 Å². The lowest BCUT2D eigenvalue weighted by Gasteiger charge is -2.46. The minimum atomic E-state index is -2.35. The molecule has 2 aliphatic rings. The lowest BCUT2D eigenvalue weighted by molar-refractivity contribution is -0.0709. The van der Waals surface area contributed by atoms with Gasteiger partial charge in [-0.05, 0) is 37.5 Å². The molecule has 0 aromatic heterocycles. The topological polar surface area (TPSA) is 0 Å². The first kappa shape index (κ1) is 7.51. The summed E-state index contributed by atoms with van der Waals surface area (Å²) in [5, 5.41) is 0. The Morgan fingerprint density at radius 3 is 1.82 bits per heavy atom. The van der Waals surface area contributed by atoms with Gasteiger partial charge in [-0.1, -0.05) is 0 Å². The van der Waals surface area contributed by atoms with Crippen LogP contribution in [-0.4, -0.2) is 5.92 Å². The molecule has 1 radical (unpaired) electrons. The third-order valence-electron chi connectivity index (χ3n) is 3.20. The average Bonchev–Trinajstić information content (AvgIpc) is 1.84. The van der Waals surface area contributed by atoms with E-state index >= 15 is 0 Å². The fourth-order valence-corrected chi connectivity index (χ4v) is 2.12. The molecule has 0 N–H and O–H groups in total. The summed E-state index contributed by atoms with van der Waals surface area (Å²) in [7, 11) is 0. The Balaban J connectivity index is 1.94. The Morgan fingerprint density at radius 1 is 0.909 bits per heavy atom. The van der Waals surface area contributed by atoms with Crippen molar-refractivity contribution in [3.63, 3.8) is 0 Å². The molecule has 0 heterocycles. The van der Waals surface area contributed by atoms with Gasteiger partial charge in [-0.15, -0.1) is 0 Å². The van der Waals surface area contributed by atoms with Crippen LogP contribution in [0.2, 0.25) is 0 Å². The molecule has 0 unspecified atom stereocenters. The van der Waals surface area contributed by atoms with E-state index in [4.69, 9.17) is 0 Å². The predicted octanol–water partition coefficient (Wildman–Crippen LogP) is 3.18. The highest BCUT2D eigenvalue weighted by Gasteiger charge is 2.46. The Kier molecular flexibility index (Phi) is 1.48. The summed E-state index contributed by atoms with van der Waals surface area (Å²) in [4.78, 5) is 0. The molecule has 0 nitrogen and oxygen atoms in total. The minimum Gasteiger partial charge on any atom is -0.207 e. The van der Waals surface area contributed by atoms with Gasteiger partial charge in [-0.25, -0.2) is 8.78 Å². The van der Waals surface area contributed by atoms with Gasteiger partial charge >= 0.3 is 0 Å². The number of halogens is 2. The van der Waals surface area contributed by atoms with Crippen LogP contribution in [0.3, 0.4) is 0 Å². The highest BCUT2D eigenvalue weighted by molar-refractivity contribution is 5.05. The van der Waals surface area contributed by atoms with Crippen molar-refractivity contribution in [3.8, 4) is 0 Å². The van der Waals surface area contributed by atoms with Crippen molar-refractivity contribution < 1.29 is 8.78 Å². The highest BCUT2D eigenvalue weighted by Crippen LogP contribution is 2.53. The fourth-order valence-electron chi connectivity index (χ4n) is 2.12. The van der Waals surface area contributed by atoms with E-state index in [1.807, 2.05) is 0 Å². The van der Waals surface area contributed by atoms with E-state index in [0.717, 1.165) is 25.7 Å². The Morgan fingerprint density at radius 2 is 1.45 bits per heavy atom. The van der Waals surface area contributed by atoms with Crippen LogP contribution in [0.4, 0.5) is 8.78 Å². The molecule has 0 bridgehead atoms. The van der Waals surface area contributed by atoms with Crippen LogP contribution in [-0.2, 0) is 0 Å². The summed E-state index contributed by atoms with van der Waals surface area (Å²) < 4.78 is 25.4. The van der Waals surface area contributed by atoms with Crippen molar-refractivity contribution >= 4 is 0 Å². The molecule has 11 heavy (non-hydrogen) atoms.